The molecule has 0 aliphatic carbocycles. The summed E-state index contributed by atoms with van der Waals surface area (Å²) in [5, 5.41) is 12.3. The van der Waals surface area contributed by atoms with Crippen LogP contribution in [0.2, 0.25) is 0 Å². The van der Waals surface area contributed by atoms with Crippen molar-refractivity contribution in [3.05, 3.63) is 16.1 Å². The molecule has 0 aromatic carbocycles. The lowest BCUT2D eigenvalue weighted by atomic mass is 9.97. The Labute approximate surface area is 109 Å². The largest absolute Gasteiger partial charge is 0.481 e. The van der Waals surface area contributed by atoms with Gasteiger partial charge in [-0.15, -0.1) is 11.3 Å². The number of carbonyl (C=O) groups excluding carboxylic acids is 1. The third kappa shape index (κ3) is 3.19. The molecule has 1 saturated heterocycles. The number of aryl methyl sites for hydroxylation is 1. The van der Waals surface area contributed by atoms with Gasteiger partial charge in [-0.05, 0) is 6.92 Å². The van der Waals surface area contributed by atoms with Crippen molar-refractivity contribution in [2.45, 2.75) is 19.9 Å². The Hall–Kier alpha value is -1.63. The Balaban J connectivity index is 1.69. The number of thiazole rings is 1. The van der Waals surface area contributed by atoms with Gasteiger partial charge in [0, 0.05) is 30.1 Å². The highest BCUT2D eigenvalue weighted by Crippen LogP contribution is 2.19. The van der Waals surface area contributed by atoms with Crippen molar-refractivity contribution in [3.8, 4) is 0 Å². The lowest BCUT2D eigenvalue weighted by Crippen LogP contribution is -2.54. The third-order valence-corrected chi connectivity index (χ3v) is 3.68. The molecule has 2 heterocycles. The van der Waals surface area contributed by atoms with E-state index < -0.39 is 5.97 Å². The Kier molecular flexibility index (Phi) is 3.81. The summed E-state index contributed by atoms with van der Waals surface area (Å²) in [6, 6.07) is -0.149. The fourth-order valence-corrected chi connectivity index (χ4v) is 2.58. The number of carboxylic acids is 1. The van der Waals surface area contributed by atoms with Crippen LogP contribution in [0.4, 0.5) is 4.79 Å². The monoisotopic (exact) mass is 269 g/mol. The first kappa shape index (κ1) is 12.8. The number of rotatable bonds is 4. The van der Waals surface area contributed by atoms with Crippen LogP contribution in [-0.4, -0.2) is 40.1 Å². The molecule has 1 aliphatic rings. The summed E-state index contributed by atoms with van der Waals surface area (Å²) >= 11 is 1.55. The zero-order chi connectivity index (χ0) is 13.1. The summed E-state index contributed by atoms with van der Waals surface area (Å²) in [5.41, 5.74) is 0. The maximum Gasteiger partial charge on any atom is 0.317 e. The Morgan fingerprint density at radius 3 is 2.89 bits per heavy atom. The molecule has 0 unspecified atom stereocenters. The van der Waals surface area contributed by atoms with Crippen molar-refractivity contribution in [1.29, 1.82) is 0 Å². The summed E-state index contributed by atoms with van der Waals surface area (Å²) in [4.78, 5) is 29.0. The number of carbonyl (C=O) groups is 2. The zero-order valence-electron chi connectivity index (χ0n) is 10.0. The Morgan fingerprint density at radius 2 is 2.33 bits per heavy atom. The van der Waals surface area contributed by atoms with E-state index in [1.165, 1.54) is 0 Å². The number of aliphatic carboxylic acids is 1. The molecule has 1 aromatic rings. The lowest BCUT2D eigenvalue weighted by Gasteiger charge is -2.38. The molecule has 7 heteroatoms. The van der Waals surface area contributed by atoms with Crippen molar-refractivity contribution >= 4 is 23.3 Å². The van der Waals surface area contributed by atoms with E-state index in [4.69, 9.17) is 5.11 Å². The average molecular weight is 269 g/mol. The average Bonchev–Trinajstić information content (AvgIpc) is 2.65. The summed E-state index contributed by atoms with van der Waals surface area (Å²) in [6.45, 7) is 3.44. The molecule has 0 spiro atoms. The number of urea groups is 1. The molecule has 2 rings (SSSR count). The molecule has 0 bridgehead atoms. The Bertz CT molecular complexity index is 454. The molecule has 2 amide bonds. The van der Waals surface area contributed by atoms with E-state index in [9.17, 15) is 9.59 Å². The van der Waals surface area contributed by atoms with Crippen molar-refractivity contribution in [1.82, 2.24) is 15.2 Å². The van der Waals surface area contributed by atoms with Gasteiger partial charge in [-0.2, -0.15) is 0 Å². The van der Waals surface area contributed by atoms with Crippen molar-refractivity contribution in [2.24, 2.45) is 5.92 Å². The van der Waals surface area contributed by atoms with E-state index >= 15 is 0 Å². The maximum absolute atomic E-state index is 11.7. The molecule has 18 heavy (non-hydrogen) atoms. The van der Waals surface area contributed by atoms with Crippen LogP contribution in [0.1, 0.15) is 16.3 Å². The summed E-state index contributed by atoms with van der Waals surface area (Å²) in [6.07, 6.45) is 1.91. The van der Waals surface area contributed by atoms with Crippen LogP contribution in [0, 0.1) is 12.8 Å². The minimum Gasteiger partial charge on any atom is -0.481 e. The smallest absolute Gasteiger partial charge is 0.317 e. The standard InChI is InChI=1S/C11H15N3O3S/c1-7-3-12-9(18-7)4-13-11(17)14-5-8(6-14)2-10(15)16/h3,8H,2,4-6H2,1H3,(H,13,17)(H,15,16). The second kappa shape index (κ2) is 5.34. The van der Waals surface area contributed by atoms with E-state index in [0.29, 0.717) is 19.6 Å². The highest BCUT2D eigenvalue weighted by molar-refractivity contribution is 7.11. The number of aromatic nitrogens is 1. The topological polar surface area (TPSA) is 82.5 Å². The molecule has 1 aliphatic heterocycles. The van der Waals surface area contributed by atoms with Crippen LogP contribution >= 0.6 is 11.3 Å². The molecule has 6 nitrogen and oxygen atoms in total. The van der Waals surface area contributed by atoms with Crippen LogP contribution in [0.15, 0.2) is 6.20 Å². The summed E-state index contributed by atoms with van der Waals surface area (Å²) < 4.78 is 0. The number of nitrogens with zero attached hydrogens (tertiary/aromatic N) is 2. The zero-order valence-corrected chi connectivity index (χ0v) is 10.9. The van der Waals surface area contributed by atoms with Crippen molar-refractivity contribution in [3.63, 3.8) is 0 Å². The second-order valence-electron chi connectivity index (χ2n) is 4.39. The fraction of sp³-hybridized carbons (Fsp3) is 0.545. The van der Waals surface area contributed by atoms with E-state index in [-0.39, 0.29) is 18.4 Å². The molecular formula is C11H15N3O3S. The predicted octanol–water partition coefficient (Wildman–Crippen LogP) is 1.07. The van der Waals surface area contributed by atoms with Crippen LogP contribution in [-0.2, 0) is 11.3 Å². The van der Waals surface area contributed by atoms with E-state index in [1.807, 2.05) is 6.92 Å². The molecule has 98 valence electrons. The SMILES string of the molecule is Cc1cnc(CNC(=O)N2CC(CC(=O)O)C2)s1. The fourth-order valence-electron chi connectivity index (χ4n) is 1.86. The van der Waals surface area contributed by atoms with Gasteiger partial charge in [0.1, 0.15) is 5.01 Å². The van der Waals surface area contributed by atoms with Crippen molar-refractivity contribution < 1.29 is 14.7 Å². The van der Waals surface area contributed by atoms with Gasteiger partial charge in [-0.1, -0.05) is 0 Å². The van der Waals surface area contributed by atoms with Crippen LogP contribution < -0.4 is 5.32 Å². The van der Waals surface area contributed by atoms with E-state index in [0.717, 1.165) is 9.88 Å². The van der Waals surface area contributed by atoms with Crippen LogP contribution in [0.3, 0.4) is 0 Å². The number of carboxylic acid groups (broad SMARTS) is 1. The number of amides is 2. The number of nitrogens with one attached hydrogen (secondary N) is 1. The first-order valence-electron chi connectivity index (χ1n) is 5.70. The van der Waals surface area contributed by atoms with E-state index in [2.05, 4.69) is 10.3 Å². The maximum atomic E-state index is 11.7. The molecule has 0 atom stereocenters. The van der Waals surface area contributed by atoms with Crippen molar-refractivity contribution in [2.75, 3.05) is 13.1 Å². The van der Waals surface area contributed by atoms with Gasteiger partial charge in [-0.3, -0.25) is 4.79 Å². The minimum absolute atomic E-state index is 0.0929. The molecule has 0 radical (unpaired) electrons. The molecule has 1 fully saturated rings. The van der Waals surface area contributed by atoms with Gasteiger partial charge in [0.25, 0.3) is 0 Å². The third-order valence-electron chi connectivity index (χ3n) is 2.77. The second-order valence-corrected chi connectivity index (χ2v) is 5.71. The van der Waals surface area contributed by atoms with Gasteiger partial charge in [0.05, 0.1) is 13.0 Å². The number of likely N-dealkylation sites (tertiary alicyclic amines) is 1. The van der Waals surface area contributed by atoms with Crippen LogP contribution in [0.25, 0.3) is 0 Å². The first-order valence-corrected chi connectivity index (χ1v) is 6.52. The normalized spacial score (nSPS) is 15.3. The quantitative estimate of drug-likeness (QED) is 0.856. The summed E-state index contributed by atoms with van der Waals surface area (Å²) in [5.74, 6) is -0.714. The lowest BCUT2D eigenvalue weighted by molar-refractivity contribution is -0.139. The highest BCUT2D eigenvalue weighted by atomic mass is 32.1. The van der Waals surface area contributed by atoms with Gasteiger partial charge < -0.3 is 15.3 Å². The van der Waals surface area contributed by atoms with Gasteiger partial charge in [-0.25, -0.2) is 9.78 Å². The molecule has 0 saturated carbocycles. The predicted molar refractivity (Wildman–Crippen MR) is 66.4 cm³/mol. The van der Waals surface area contributed by atoms with Crippen LogP contribution in [0.5, 0.6) is 0 Å². The molecule has 1 aromatic heterocycles. The molecule has 2 N–H and O–H groups in total. The molecular weight excluding hydrogens is 254 g/mol. The summed E-state index contributed by atoms with van der Waals surface area (Å²) in [7, 11) is 0. The number of hydrogen-bond acceptors (Lipinski definition) is 4. The Morgan fingerprint density at radius 1 is 1.61 bits per heavy atom. The number of hydrogen-bond donors (Lipinski definition) is 2. The highest BCUT2D eigenvalue weighted by Gasteiger charge is 2.31. The van der Waals surface area contributed by atoms with Gasteiger partial charge >= 0.3 is 12.0 Å². The van der Waals surface area contributed by atoms with Gasteiger partial charge in [0.15, 0.2) is 0 Å². The van der Waals surface area contributed by atoms with Gasteiger partial charge in [0.2, 0.25) is 0 Å². The van der Waals surface area contributed by atoms with E-state index in [1.54, 1.807) is 22.4 Å². The minimum atomic E-state index is -0.807. The first-order chi connectivity index (χ1) is 8.54.